The van der Waals surface area contributed by atoms with E-state index in [1.807, 2.05) is 18.2 Å². The van der Waals surface area contributed by atoms with Crippen LogP contribution < -0.4 is 9.46 Å². The van der Waals surface area contributed by atoms with Crippen molar-refractivity contribution >= 4 is 33.0 Å². The van der Waals surface area contributed by atoms with E-state index < -0.39 is 22.1 Å². The lowest BCUT2D eigenvalue weighted by molar-refractivity contribution is -0.274. The smallest absolute Gasteiger partial charge is 0.406 e. The molecule has 3 rings (SSSR count). The second-order valence-electron chi connectivity index (χ2n) is 5.62. The average Bonchev–Trinajstić information content (AvgIpc) is 3.09. The summed E-state index contributed by atoms with van der Waals surface area (Å²) in [4.78, 5) is 1.58. The average molecular weight is 448 g/mol. The van der Waals surface area contributed by atoms with Gasteiger partial charge in [0.15, 0.2) is 0 Å². The Morgan fingerprint density at radius 2 is 1.61 bits per heavy atom. The minimum atomic E-state index is -4.83. The third kappa shape index (κ3) is 5.48. The number of thiophene rings is 1. The topological polar surface area (TPSA) is 55.4 Å². The van der Waals surface area contributed by atoms with E-state index in [1.165, 1.54) is 11.3 Å². The predicted molar refractivity (Wildman–Crippen MR) is 102 cm³/mol. The zero-order valence-corrected chi connectivity index (χ0v) is 16.4. The van der Waals surface area contributed by atoms with E-state index in [1.54, 1.807) is 18.2 Å². The highest BCUT2D eigenvalue weighted by Gasteiger charge is 2.31. The molecule has 3 aromatic rings. The Kier molecular flexibility index (Phi) is 5.99. The van der Waals surface area contributed by atoms with Gasteiger partial charge in [-0.25, -0.2) is 13.1 Å². The van der Waals surface area contributed by atoms with Crippen LogP contribution in [-0.2, 0) is 16.6 Å². The van der Waals surface area contributed by atoms with Crippen molar-refractivity contribution in [2.75, 3.05) is 0 Å². The van der Waals surface area contributed by atoms with Crippen molar-refractivity contribution in [1.29, 1.82) is 0 Å². The largest absolute Gasteiger partial charge is 0.573 e. The Balaban J connectivity index is 1.66. The molecule has 28 heavy (non-hydrogen) atoms. The lowest BCUT2D eigenvalue weighted by atomic mass is 10.2. The van der Waals surface area contributed by atoms with Crippen LogP contribution in [0.25, 0.3) is 10.4 Å². The van der Waals surface area contributed by atoms with Gasteiger partial charge in [0.1, 0.15) is 5.75 Å². The maximum absolute atomic E-state index is 12.3. The highest BCUT2D eigenvalue weighted by atomic mass is 35.5. The highest BCUT2D eigenvalue weighted by molar-refractivity contribution is 7.89. The Labute approximate surface area is 168 Å². The fourth-order valence-corrected chi connectivity index (χ4v) is 4.49. The van der Waals surface area contributed by atoms with Crippen LogP contribution in [0.4, 0.5) is 13.2 Å². The van der Waals surface area contributed by atoms with E-state index in [0.717, 1.165) is 39.6 Å². The van der Waals surface area contributed by atoms with Crippen molar-refractivity contribution in [2.24, 2.45) is 0 Å². The van der Waals surface area contributed by atoms with Gasteiger partial charge in [0.25, 0.3) is 0 Å². The van der Waals surface area contributed by atoms with E-state index in [9.17, 15) is 21.6 Å². The van der Waals surface area contributed by atoms with E-state index in [0.29, 0.717) is 5.02 Å². The molecule has 0 saturated heterocycles. The van der Waals surface area contributed by atoms with Crippen molar-refractivity contribution in [3.8, 4) is 16.2 Å². The molecule has 0 aliphatic carbocycles. The number of hydrogen-bond donors (Lipinski definition) is 1. The number of nitrogens with one attached hydrogen (secondary N) is 1. The third-order valence-corrected chi connectivity index (χ3v) is 6.40. The molecular weight excluding hydrogens is 435 g/mol. The van der Waals surface area contributed by atoms with Crippen molar-refractivity contribution in [3.05, 3.63) is 70.6 Å². The first kappa shape index (κ1) is 20.7. The molecule has 1 aromatic heterocycles. The van der Waals surface area contributed by atoms with Crippen LogP contribution in [0, 0.1) is 0 Å². The molecule has 0 radical (unpaired) electrons. The summed E-state index contributed by atoms with van der Waals surface area (Å²) in [6.07, 6.45) is -4.83. The van der Waals surface area contributed by atoms with Crippen LogP contribution in [0.15, 0.2) is 65.6 Å². The number of halogens is 4. The number of ether oxygens (including phenoxy) is 1. The maximum Gasteiger partial charge on any atom is 0.573 e. The standard InChI is InChI=1S/C18H13ClF3NO3S2/c19-13-3-1-12(2-4-13)17-10-7-15(27-17)11-23-28(24,25)16-8-5-14(6-9-16)26-18(20,21)22/h1-10,23H,11H2. The summed E-state index contributed by atoms with van der Waals surface area (Å²) >= 11 is 7.29. The molecule has 0 unspecified atom stereocenters. The molecule has 0 saturated carbocycles. The molecule has 0 spiro atoms. The molecule has 1 N–H and O–H groups in total. The molecule has 0 atom stereocenters. The molecule has 4 nitrogen and oxygen atoms in total. The summed E-state index contributed by atoms with van der Waals surface area (Å²) in [5.41, 5.74) is 0.962. The van der Waals surface area contributed by atoms with Gasteiger partial charge in [-0.2, -0.15) is 0 Å². The second kappa shape index (κ2) is 8.12. The van der Waals surface area contributed by atoms with E-state index >= 15 is 0 Å². The van der Waals surface area contributed by atoms with Crippen LogP contribution in [-0.4, -0.2) is 14.8 Å². The molecule has 10 heteroatoms. The number of rotatable bonds is 6. The van der Waals surface area contributed by atoms with Crippen LogP contribution in [0.1, 0.15) is 4.88 Å². The van der Waals surface area contributed by atoms with Crippen molar-refractivity contribution < 1.29 is 26.3 Å². The first-order valence-corrected chi connectivity index (χ1v) is 10.5. The van der Waals surface area contributed by atoms with E-state index in [4.69, 9.17) is 11.6 Å². The molecule has 0 aliphatic heterocycles. The van der Waals surface area contributed by atoms with Gasteiger partial charge < -0.3 is 4.74 Å². The predicted octanol–water partition coefficient (Wildman–Crippen LogP) is 5.45. The van der Waals surface area contributed by atoms with Gasteiger partial charge in [0, 0.05) is 21.3 Å². The fraction of sp³-hybridized carbons (Fsp3) is 0.111. The van der Waals surface area contributed by atoms with Gasteiger partial charge in [0.05, 0.1) is 4.90 Å². The number of hydrogen-bond acceptors (Lipinski definition) is 4. The summed E-state index contributed by atoms with van der Waals surface area (Å²) in [5.74, 6) is -0.489. The van der Waals surface area contributed by atoms with Gasteiger partial charge in [-0.1, -0.05) is 23.7 Å². The zero-order valence-electron chi connectivity index (χ0n) is 14.0. The summed E-state index contributed by atoms with van der Waals surface area (Å²) in [6, 6.07) is 15.0. The van der Waals surface area contributed by atoms with Crippen LogP contribution in [0.3, 0.4) is 0 Å². The summed E-state index contributed by atoms with van der Waals surface area (Å²) in [5, 5.41) is 0.625. The van der Waals surface area contributed by atoms with Crippen LogP contribution in [0.5, 0.6) is 5.75 Å². The fourth-order valence-electron chi connectivity index (χ4n) is 2.31. The summed E-state index contributed by atoms with van der Waals surface area (Å²) in [7, 11) is -3.88. The Hall–Kier alpha value is -2.07. The zero-order chi connectivity index (χ0) is 20.4. The summed E-state index contributed by atoms with van der Waals surface area (Å²) in [6.45, 7) is 0.0569. The van der Waals surface area contributed by atoms with Gasteiger partial charge in [0.2, 0.25) is 10.0 Å². The first-order valence-electron chi connectivity index (χ1n) is 7.82. The molecule has 148 valence electrons. The molecule has 0 bridgehead atoms. The number of sulfonamides is 1. The second-order valence-corrected chi connectivity index (χ2v) is 8.99. The third-order valence-electron chi connectivity index (χ3n) is 3.59. The molecule has 0 fully saturated rings. The normalized spacial score (nSPS) is 12.1. The minimum absolute atomic E-state index is 0.0569. The lowest BCUT2D eigenvalue weighted by Gasteiger charge is -2.10. The minimum Gasteiger partial charge on any atom is -0.406 e. The van der Waals surface area contributed by atoms with Gasteiger partial charge in [-0.15, -0.1) is 24.5 Å². The van der Waals surface area contributed by atoms with Crippen molar-refractivity contribution in [2.45, 2.75) is 17.8 Å². The molecule has 2 aromatic carbocycles. The Morgan fingerprint density at radius 3 is 2.21 bits per heavy atom. The molecular formula is C18H13ClF3NO3S2. The molecule has 0 amide bonds. The monoisotopic (exact) mass is 447 g/mol. The number of benzene rings is 2. The van der Waals surface area contributed by atoms with Gasteiger partial charge in [-0.05, 0) is 54.1 Å². The van der Waals surface area contributed by atoms with Crippen molar-refractivity contribution in [3.63, 3.8) is 0 Å². The first-order chi connectivity index (χ1) is 13.1. The maximum atomic E-state index is 12.3. The molecule has 0 aliphatic rings. The van der Waals surface area contributed by atoms with E-state index in [-0.39, 0.29) is 11.4 Å². The SMILES string of the molecule is O=S(=O)(NCc1ccc(-c2ccc(Cl)cc2)s1)c1ccc(OC(F)(F)F)cc1. The number of alkyl halides is 3. The van der Waals surface area contributed by atoms with Gasteiger partial charge in [-0.3, -0.25) is 0 Å². The molecule has 1 heterocycles. The highest BCUT2D eigenvalue weighted by Crippen LogP contribution is 2.29. The van der Waals surface area contributed by atoms with Crippen LogP contribution in [0.2, 0.25) is 5.02 Å². The van der Waals surface area contributed by atoms with Crippen LogP contribution >= 0.6 is 22.9 Å². The summed E-state index contributed by atoms with van der Waals surface area (Å²) < 4.78 is 67.3. The van der Waals surface area contributed by atoms with Crippen molar-refractivity contribution in [1.82, 2.24) is 4.72 Å². The van der Waals surface area contributed by atoms with Gasteiger partial charge >= 0.3 is 6.36 Å². The lowest BCUT2D eigenvalue weighted by Crippen LogP contribution is -2.23. The Morgan fingerprint density at radius 1 is 0.964 bits per heavy atom. The Bertz CT molecular complexity index is 1050. The van der Waals surface area contributed by atoms with E-state index in [2.05, 4.69) is 9.46 Å². The quantitative estimate of drug-likeness (QED) is 0.547.